The number of hydrogen-bond donors (Lipinski definition) is 0. The van der Waals surface area contributed by atoms with E-state index >= 15 is 0 Å². The Morgan fingerprint density at radius 2 is 1.79 bits per heavy atom. The fourth-order valence-corrected chi connectivity index (χ4v) is 1.76. The highest BCUT2D eigenvalue weighted by Gasteiger charge is 2.10. The van der Waals surface area contributed by atoms with Crippen molar-refractivity contribution >= 4 is 0 Å². The molecular weight excluding hydrogens is 170 g/mol. The molecule has 1 nitrogen and oxygen atoms in total. The fraction of sp³-hybridized carbons (Fsp3) is 0.538. The van der Waals surface area contributed by atoms with E-state index in [-0.39, 0.29) is 0 Å². The van der Waals surface area contributed by atoms with Gasteiger partial charge in [-0.05, 0) is 32.0 Å². The first-order valence-electron chi connectivity index (χ1n) is 5.52. The molecule has 0 heterocycles. The second kappa shape index (κ2) is 5.82. The van der Waals surface area contributed by atoms with Crippen LogP contribution in [0.3, 0.4) is 0 Å². The lowest BCUT2D eigenvalue weighted by molar-refractivity contribution is 0.246. The molecule has 1 atom stereocenters. The average Bonchev–Trinajstić information content (AvgIpc) is 2.26. The Kier molecular flexibility index (Phi) is 4.68. The van der Waals surface area contributed by atoms with Crippen molar-refractivity contribution < 1.29 is 0 Å². The first-order chi connectivity index (χ1) is 6.77. The number of likely N-dealkylation sites (N-methyl/N-ethyl adjacent to an activating group) is 1. The van der Waals surface area contributed by atoms with E-state index in [1.165, 1.54) is 18.4 Å². The Morgan fingerprint density at radius 1 is 1.14 bits per heavy atom. The number of benzene rings is 1. The molecule has 0 spiro atoms. The van der Waals surface area contributed by atoms with Crippen molar-refractivity contribution in [1.82, 2.24) is 4.90 Å². The summed E-state index contributed by atoms with van der Waals surface area (Å²) in [4.78, 5) is 2.42. The lowest BCUT2D eigenvalue weighted by atomic mass is 10.0. The smallest absolute Gasteiger partial charge is 0.0130 e. The van der Waals surface area contributed by atoms with E-state index in [2.05, 4.69) is 56.1 Å². The SMILES string of the molecule is CC[C@H](Cc1ccccc1)N(C)CC. The third-order valence-corrected chi connectivity index (χ3v) is 2.91. The molecular formula is C13H21N. The maximum Gasteiger partial charge on any atom is 0.0130 e. The van der Waals surface area contributed by atoms with E-state index in [1.54, 1.807) is 0 Å². The second-order valence-electron chi connectivity index (χ2n) is 3.83. The van der Waals surface area contributed by atoms with E-state index in [1.807, 2.05) is 0 Å². The normalized spacial score (nSPS) is 13.1. The summed E-state index contributed by atoms with van der Waals surface area (Å²) in [6, 6.07) is 11.4. The summed E-state index contributed by atoms with van der Waals surface area (Å²) in [5.74, 6) is 0. The van der Waals surface area contributed by atoms with E-state index in [0.717, 1.165) is 6.54 Å². The molecule has 0 fully saturated rings. The van der Waals surface area contributed by atoms with Crippen molar-refractivity contribution in [3.05, 3.63) is 35.9 Å². The van der Waals surface area contributed by atoms with Gasteiger partial charge in [-0.2, -0.15) is 0 Å². The van der Waals surface area contributed by atoms with Crippen LogP contribution in [0.2, 0.25) is 0 Å². The molecule has 0 saturated carbocycles. The number of hydrogen-bond acceptors (Lipinski definition) is 1. The third-order valence-electron chi connectivity index (χ3n) is 2.91. The number of rotatable bonds is 5. The van der Waals surface area contributed by atoms with Gasteiger partial charge in [-0.15, -0.1) is 0 Å². The summed E-state index contributed by atoms with van der Waals surface area (Å²) in [6.07, 6.45) is 2.39. The van der Waals surface area contributed by atoms with Gasteiger partial charge in [0.25, 0.3) is 0 Å². The maximum absolute atomic E-state index is 2.42. The van der Waals surface area contributed by atoms with Crippen LogP contribution in [0, 0.1) is 0 Å². The Balaban J connectivity index is 2.57. The minimum absolute atomic E-state index is 0.683. The highest BCUT2D eigenvalue weighted by atomic mass is 15.1. The van der Waals surface area contributed by atoms with Gasteiger partial charge < -0.3 is 4.90 Å². The van der Waals surface area contributed by atoms with E-state index in [9.17, 15) is 0 Å². The van der Waals surface area contributed by atoms with Crippen molar-refractivity contribution in [2.45, 2.75) is 32.7 Å². The predicted molar refractivity (Wildman–Crippen MR) is 62.5 cm³/mol. The van der Waals surface area contributed by atoms with Gasteiger partial charge in [0, 0.05) is 6.04 Å². The standard InChI is InChI=1S/C13H21N/c1-4-13(14(3)5-2)11-12-9-7-6-8-10-12/h6-10,13H,4-5,11H2,1-3H3/t13-/m1/s1. The third kappa shape index (κ3) is 3.15. The quantitative estimate of drug-likeness (QED) is 0.691. The highest BCUT2D eigenvalue weighted by Crippen LogP contribution is 2.10. The van der Waals surface area contributed by atoms with Gasteiger partial charge in [0.2, 0.25) is 0 Å². The van der Waals surface area contributed by atoms with E-state index in [0.29, 0.717) is 6.04 Å². The molecule has 0 aliphatic heterocycles. The van der Waals surface area contributed by atoms with Crippen molar-refractivity contribution in [3.8, 4) is 0 Å². The van der Waals surface area contributed by atoms with E-state index in [4.69, 9.17) is 0 Å². The van der Waals surface area contributed by atoms with Crippen LogP contribution < -0.4 is 0 Å². The van der Waals surface area contributed by atoms with Gasteiger partial charge in [-0.3, -0.25) is 0 Å². The minimum Gasteiger partial charge on any atom is -0.303 e. The molecule has 0 unspecified atom stereocenters. The van der Waals surface area contributed by atoms with Gasteiger partial charge in [-0.25, -0.2) is 0 Å². The van der Waals surface area contributed by atoms with Crippen LogP contribution in [0.4, 0.5) is 0 Å². The molecule has 0 aromatic heterocycles. The van der Waals surface area contributed by atoms with Crippen LogP contribution in [-0.2, 0) is 6.42 Å². The lowest BCUT2D eigenvalue weighted by Crippen LogP contribution is -2.32. The lowest BCUT2D eigenvalue weighted by Gasteiger charge is -2.25. The van der Waals surface area contributed by atoms with Gasteiger partial charge in [-0.1, -0.05) is 44.2 Å². The molecule has 0 N–H and O–H groups in total. The summed E-state index contributed by atoms with van der Waals surface area (Å²) in [5, 5.41) is 0. The molecule has 1 rings (SSSR count). The average molecular weight is 191 g/mol. The first kappa shape index (κ1) is 11.3. The molecule has 1 heteroatoms. The first-order valence-corrected chi connectivity index (χ1v) is 5.52. The highest BCUT2D eigenvalue weighted by molar-refractivity contribution is 5.15. The molecule has 0 saturated heterocycles. The minimum atomic E-state index is 0.683. The molecule has 0 bridgehead atoms. The largest absolute Gasteiger partial charge is 0.303 e. The Labute approximate surface area is 87.7 Å². The topological polar surface area (TPSA) is 3.24 Å². The molecule has 14 heavy (non-hydrogen) atoms. The van der Waals surface area contributed by atoms with Crippen LogP contribution in [0.15, 0.2) is 30.3 Å². The molecule has 1 aromatic rings. The fourth-order valence-electron chi connectivity index (χ4n) is 1.76. The van der Waals surface area contributed by atoms with E-state index < -0.39 is 0 Å². The van der Waals surface area contributed by atoms with Gasteiger partial charge in [0.05, 0.1) is 0 Å². The van der Waals surface area contributed by atoms with Crippen molar-refractivity contribution in [2.24, 2.45) is 0 Å². The Bertz CT molecular complexity index is 243. The number of nitrogens with zero attached hydrogens (tertiary/aromatic N) is 1. The van der Waals surface area contributed by atoms with Crippen molar-refractivity contribution in [2.75, 3.05) is 13.6 Å². The zero-order valence-electron chi connectivity index (χ0n) is 9.53. The summed E-state index contributed by atoms with van der Waals surface area (Å²) < 4.78 is 0. The summed E-state index contributed by atoms with van der Waals surface area (Å²) in [5.41, 5.74) is 1.44. The van der Waals surface area contributed by atoms with Gasteiger partial charge in [0.1, 0.15) is 0 Å². The Morgan fingerprint density at radius 3 is 2.29 bits per heavy atom. The zero-order chi connectivity index (χ0) is 10.4. The zero-order valence-corrected chi connectivity index (χ0v) is 9.53. The molecule has 1 aromatic carbocycles. The maximum atomic E-state index is 2.42. The van der Waals surface area contributed by atoms with Crippen LogP contribution >= 0.6 is 0 Å². The molecule has 78 valence electrons. The molecule has 0 radical (unpaired) electrons. The summed E-state index contributed by atoms with van der Waals surface area (Å²) >= 11 is 0. The van der Waals surface area contributed by atoms with Crippen molar-refractivity contribution in [3.63, 3.8) is 0 Å². The molecule has 0 aliphatic carbocycles. The summed E-state index contributed by atoms with van der Waals surface area (Å²) in [6.45, 7) is 5.61. The van der Waals surface area contributed by atoms with Crippen LogP contribution in [-0.4, -0.2) is 24.5 Å². The monoisotopic (exact) mass is 191 g/mol. The van der Waals surface area contributed by atoms with Crippen LogP contribution in [0.25, 0.3) is 0 Å². The molecule has 0 aliphatic rings. The van der Waals surface area contributed by atoms with Gasteiger partial charge in [0.15, 0.2) is 0 Å². The summed E-state index contributed by atoms with van der Waals surface area (Å²) in [7, 11) is 2.21. The van der Waals surface area contributed by atoms with Crippen LogP contribution in [0.1, 0.15) is 25.8 Å². The predicted octanol–water partition coefficient (Wildman–Crippen LogP) is 2.96. The van der Waals surface area contributed by atoms with Gasteiger partial charge >= 0.3 is 0 Å². The van der Waals surface area contributed by atoms with Crippen LogP contribution in [0.5, 0.6) is 0 Å². The molecule has 0 amide bonds. The second-order valence-corrected chi connectivity index (χ2v) is 3.83. The van der Waals surface area contributed by atoms with Crippen molar-refractivity contribution in [1.29, 1.82) is 0 Å². The Hall–Kier alpha value is -0.820.